The molecule has 0 bridgehead atoms. The molecule has 1 N–H and O–H groups in total. The van der Waals surface area contributed by atoms with Crippen molar-refractivity contribution < 1.29 is 19.1 Å². The van der Waals surface area contributed by atoms with E-state index in [9.17, 15) is 9.59 Å². The number of nitrogens with one attached hydrogen (secondary N) is 1. The van der Waals surface area contributed by atoms with E-state index in [1.807, 2.05) is 6.07 Å². The summed E-state index contributed by atoms with van der Waals surface area (Å²) in [7, 11) is 0. The first-order valence-electron chi connectivity index (χ1n) is 8.32. The lowest BCUT2D eigenvalue weighted by Crippen LogP contribution is -2.26. The SMILES string of the molecule is CCOC(=O)Cc1csc(NC(=O)c2ccccc2OC2CCC2)n1. The molecule has 0 radical (unpaired) electrons. The summed E-state index contributed by atoms with van der Waals surface area (Å²) < 4.78 is 10.8. The molecule has 7 heteroatoms. The van der Waals surface area contributed by atoms with Gasteiger partial charge in [0.25, 0.3) is 5.91 Å². The third-order valence-electron chi connectivity index (χ3n) is 3.88. The van der Waals surface area contributed by atoms with Crippen LogP contribution in [0.2, 0.25) is 0 Å². The van der Waals surface area contributed by atoms with Crippen LogP contribution in [-0.4, -0.2) is 29.6 Å². The number of carbonyl (C=O) groups is 2. The molecule has 0 aliphatic heterocycles. The van der Waals surface area contributed by atoms with Gasteiger partial charge >= 0.3 is 5.97 Å². The number of amides is 1. The number of carbonyl (C=O) groups excluding carboxylic acids is 2. The van der Waals surface area contributed by atoms with Crippen LogP contribution >= 0.6 is 11.3 Å². The highest BCUT2D eigenvalue weighted by molar-refractivity contribution is 7.14. The Morgan fingerprint density at radius 3 is 2.84 bits per heavy atom. The van der Waals surface area contributed by atoms with E-state index in [4.69, 9.17) is 9.47 Å². The molecule has 1 saturated carbocycles. The van der Waals surface area contributed by atoms with Crippen molar-refractivity contribution in [2.24, 2.45) is 0 Å². The molecule has 132 valence electrons. The lowest BCUT2D eigenvalue weighted by Gasteiger charge is -2.27. The van der Waals surface area contributed by atoms with Crippen LogP contribution in [0.1, 0.15) is 42.2 Å². The maximum Gasteiger partial charge on any atom is 0.311 e. The molecule has 2 aromatic rings. The van der Waals surface area contributed by atoms with Crippen molar-refractivity contribution in [1.29, 1.82) is 0 Å². The van der Waals surface area contributed by atoms with E-state index in [0.29, 0.717) is 28.7 Å². The summed E-state index contributed by atoms with van der Waals surface area (Å²) >= 11 is 1.28. The van der Waals surface area contributed by atoms with E-state index < -0.39 is 0 Å². The molecular formula is C18H20N2O4S. The van der Waals surface area contributed by atoms with Crippen LogP contribution in [0.4, 0.5) is 5.13 Å². The minimum atomic E-state index is -0.329. The lowest BCUT2D eigenvalue weighted by molar-refractivity contribution is -0.142. The fourth-order valence-corrected chi connectivity index (χ4v) is 3.10. The minimum absolute atomic E-state index is 0.0988. The van der Waals surface area contributed by atoms with Crippen LogP contribution in [0.25, 0.3) is 0 Å². The summed E-state index contributed by atoms with van der Waals surface area (Å²) in [5.41, 5.74) is 1.06. The van der Waals surface area contributed by atoms with Crippen molar-refractivity contribution >= 4 is 28.3 Å². The topological polar surface area (TPSA) is 77.5 Å². The third-order valence-corrected chi connectivity index (χ3v) is 4.69. The molecule has 1 fully saturated rings. The normalized spacial score (nSPS) is 13.8. The van der Waals surface area contributed by atoms with Crippen LogP contribution < -0.4 is 10.1 Å². The smallest absolute Gasteiger partial charge is 0.311 e. The Bertz CT molecular complexity index is 755. The average Bonchev–Trinajstić information content (AvgIpc) is 2.98. The van der Waals surface area contributed by atoms with E-state index in [-0.39, 0.29) is 24.4 Å². The Kier molecular flexibility index (Phi) is 5.65. The Hall–Kier alpha value is -2.41. The molecule has 0 spiro atoms. The zero-order valence-electron chi connectivity index (χ0n) is 14.0. The van der Waals surface area contributed by atoms with E-state index in [1.54, 1.807) is 30.5 Å². The zero-order chi connectivity index (χ0) is 17.6. The van der Waals surface area contributed by atoms with Gasteiger partial charge in [0.05, 0.1) is 30.4 Å². The number of rotatable bonds is 7. The number of nitrogens with zero attached hydrogens (tertiary/aromatic N) is 1. The molecule has 6 nitrogen and oxygen atoms in total. The number of anilines is 1. The number of benzene rings is 1. The lowest BCUT2D eigenvalue weighted by atomic mass is 9.96. The molecule has 25 heavy (non-hydrogen) atoms. The molecule has 1 aliphatic rings. The van der Waals surface area contributed by atoms with Gasteiger partial charge in [-0.2, -0.15) is 0 Å². The van der Waals surface area contributed by atoms with Crippen molar-refractivity contribution in [2.45, 2.75) is 38.7 Å². The van der Waals surface area contributed by atoms with Gasteiger partial charge in [-0.05, 0) is 38.3 Å². The van der Waals surface area contributed by atoms with Crippen LogP contribution in [-0.2, 0) is 16.0 Å². The highest BCUT2D eigenvalue weighted by Crippen LogP contribution is 2.28. The molecule has 0 unspecified atom stereocenters. The molecule has 1 aliphatic carbocycles. The second-order valence-corrected chi connectivity index (χ2v) is 6.60. The first-order chi connectivity index (χ1) is 12.2. The molecule has 1 amide bonds. The van der Waals surface area contributed by atoms with Gasteiger partial charge in [0, 0.05) is 5.38 Å². The molecule has 3 rings (SSSR count). The Morgan fingerprint density at radius 2 is 2.12 bits per heavy atom. The van der Waals surface area contributed by atoms with Gasteiger partial charge in [0.1, 0.15) is 5.75 Å². The Morgan fingerprint density at radius 1 is 1.32 bits per heavy atom. The molecule has 1 aromatic carbocycles. The van der Waals surface area contributed by atoms with E-state index >= 15 is 0 Å². The van der Waals surface area contributed by atoms with Gasteiger partial charge in [-0.1, -0.05) is 12.1 Å². The number of hydrogen-bond acceptors (Lipinski definition) is 6. The van der Waals surface area contributed by atoms with Crippen molar-refractivity contribution in [1.82, 2.24) is 4.98 Å². The summed E-state index contributed by atoms with van der Waals surface area (Å²) in [6.07, 6.45) is 3.52. The van der Waals surface area contributed by atoms with E-state index in [2.05, 4.69) is 10.3 Å². The van der Waals surface area contributed by atoms with Crippen LogP contribution in [0.3, 0.4) is 0 Å². The predicted octanol–water partition coefficient (Wildman–Crippen LogP) is 3.43. The molecule has 0 atom stereocenters. The summed E-state index contributed by atoms with van der Waals surface area (Å²) in [6, 6.07) is 7.19. The largest absolute Gasteiger partial charge is 0.490 e. The summed E-state index contributed by atoms with van der Waals surface area (Å²) in [5, 5.41) is 4.96. The number of ether oxygens (including phenoxy) is 2. The molecule has 0 saturated heterocycles. The van der Waals surface area contributed by atoms with Crippen LogP contribution in [0.5, 0.6) is 5.75 Å². The predicted molar refractivity (Wildman–Crippen MR) is 95.1 cm³/mol. The van der Waals surface area contributed by atoms with Gasteiger partial charge in [-0.15, -0.1) is 11.3 Å². The van der Waals surface area contributed by atoms with Gasteiger partial charge in [-0.25, -0.2) is 4.98 Å². The van der Waals surface area contributed by atoms with Crippen molar-refractivity contribution in [3.05, 3.63) is 40.9 Å². The first-order valence-corrected chi connectivity index (χ1v) is 9.20. The number of esters is 1. The van der Waals surface area contributed by atoms with Crippen molar-refractivity contribution in [3.63, 3.8) is 0 Å². The highest BCUT2D eigenvalue weighted by atomic mass is 32.1. The first kappa shape index (κ1) is 17.4. The van der Waals surface area contributed by atoms with E-state index in [0.717, 1.165) is 12.8 Å². The van der Waals surface area contributed by atoms with Crippen molar-refractivity contribution in [2.75, 3.05) is 11.9 Å². The van der Waals surface area contributed by atoms with Gasteiger partial charge in [0.2, 0.25) is 0 Å². The third kappa shape index (κ3) is 4.57. The fourth-order valence-electron chi connectivity index (χ4n) is 2.40. The summed E-state index contributed by atoms with van der Waals surface area (Å²) in [5.74, 6) is -0.00937. The standard InChI is InChI=1S/C18H20N2O4S/c1-2-23-16(21)10-12-11-25-18(19-12)20-17(22)14-8-3-4-9-15(14)24-13-6-5-7-13/h3-4,8-9,11,13H,2,5-7,10H2,1H3,(H,19,20,22). The monoisotopic (exact) mass is 360 g/mol. The summed E-state index contributed by atoms with van der Waals surface area (Å²) in [4.78, 5) is 28.3. The molecule has 1 heterocycles. The highest BCUT2D eigenvalue weighted by Gasteiger charge is 2.22. The quantitative estimate of drug-likeness (QED) is 0.766. The summed E-state index contributed by atoms with van der Waals surface area (Å²) in [6.45, 7) is 2.10. The van der Waals surface area contributed by atoms with Gasteiger partial charge < -0.3 is 9.47 Å². The zero-order valence-corrected chi connectivity index (χ0v) is 14.8. The Balaban J connectivity index is 1.64. The second-order valence-electron chi connectivity index (χ2n) is 5.75. The van der Waals surface area contributed by atoms with Gasteiger partial charge in [0.15, 0.2) is 5.13 Å². The number of thiazole rings is 1. The van der Waals surface area contributed by atoms with Gasteiger partial charge in [-0.3, -0.25) is 14.9 Å². The van der Waals surface area contributed by atoms with Crippen LogP contribution in [0.15, 0.2) is 29.6 Å². The minimum Gasteiger partial charge on any atom is -0.490 e. The Labute approximate surface area is 150 Å². The maximum atomic E-state index is 12.5. The van der Waals surface area contributed by atoms with E-state index in [1.165, 1.54) is 17.8 Å². The number of hydrogen-bond donors (Lipinski definition) is 1. The van der Waals surface area contributed by atoms with Crippen molar-refractivity contribution in [3.8, 4) is 5.75 Å². The molecule has 1 aromatic heterocycles. The fraction of sp³-hybridized carbons (Fsp3) is 0.389. The van der Waals surface area contributed by atoms with Crippen LogP contribution in [0, 0.1) is 0 Å². The number of aromatic nitrogens is 1. The number of para-hydroxylation sites is 1. The molecular weight excluding hydrogens is 340 g/mol. The second kappa shape index (κ2) is 8.11. The average molecular weight is 360 g/mol. The maximum absolute atomic E-state index is 12.5.